The molecule has 4 nitrogen and oxygen atoms in total. The van der Waals surface area contributed by atoms with Crippen LogP contribution in [0, 0.1) is 0 Å². The van der Waals surface area contributed by atoms with Gasteiger partial charge in [-0.05, 0) is 17.7 Å². The van der Waals surface area contributed by atoms with Crippen LogP contribution in [0.2, 0.25) is 0 Å². The summed E-state index contributed by atoms with van der Waals surface area (Å²) >= 11 is 1.84. The molecule has 1 aromatic rings. The van der Waals surface area contributed by atoms with Crippen molar-refractivity contribution in [2.24, 2.45) is 0 Å². The second-order valence-corrected chi connectivity index (χ2v) is 5.28. The SMILES string of the molecule is CN(Cc1ccncc1)C(=O)C1CSCCN1. The quantitative estimate of drug-likeness (QED) is 0.861. The Morgan fingerprint density at radius 3 is 3.00 bits per heavy atom. The second-order valence-electron chi connectivity index (χ2n) is 4.13. The third kappa shape index (κ3) is 3.44. The van der Waals surface area contributed by atoms with Gasteiger partial charge in [0.25, 0.3) is 0 Å². The molecule has 92 valence electrons. The van der Waals surface area contributed by atoms with E-state index in [2.05, 4.69) is 10.3 Å². The predicted molar refractivity (Wildman–Crippen MR) is 69.8 cm³/mol. The van der Waals surface area contributed by atoms with Gasteiger partial charge in [0.2, 0.25) is 5.91 Å². The van der Waals surface area contributed by atoms with Crippen molar-refractivity contribution in [1.29, 1.82) is 0 Å². The zero-order valence-corrected chi connectivity index (χ0v) is 10.7. The van der Waals surface area contributed by atoms with Gasteiger partial charge in [-0.3, -0.25) is 9.78 Å². The lowest BCUT2D eigenvalue weighted by Crippen LogP contribution is -2.49. The van der Waals surface area contributed by atoms with Gasteiger partial charge >= 0.3 is 0 Å². The normalized spacial score (nSPS) is 19.9. The monoisotopic (exact) mass is 251 g/mol. The Morgan fingerprint density at radius 1 is 1.59 bits per heavy atom. The van der Waals surface area contributed by atoms with Gasteiger partial charge in [-0.15, -0.1) is 0 Å². The van der Waals surface area contributed by atoms with E-state index in [4.69, 9.17) is 0 Å². The molecule has 0 saturated carbocycles. The topological polar surface area (TPSA) is 45.2 Å². The molecule has 0 radical (unpaired) electrons. The molecule has 17 heavy (non-hydrogen) atoms. The molecule has 0 bridgehead atoms. The number of nitrogens with zero attached hydrogens (tertiary/aromatic N) is 2. The lowest BCUT2D eigenvalue weighted by atomic mass is 10.2. The van der Waals surface area contributed by atoms with E-state index in [9.17, 15) is 4.79 Å². The lowest BCUT2D eigenvalue weighted by Gasteiger charge is -2.27. The first kappa shape index (κ1) is 12.4. The highest BCUT2D eigenvalue weighted by atomic mass is 32.2. The van der Waals surface area contributed by atoms with Gasteiger partial charge in [0.05, 0.1) is 6.04 Å². The van der Waals surface area contributed by atoms with E-state index in [1.165, 1.54) is 0 Å². The summed E-state index contributed by atoms with van der Waals surface area (Å²) in [5.41, 5.74) is 1.11. The molecule has 0 spiro atoms. The Labute approximate surface area is 106 Å². The van der Waals surface area contributed by atoms with Gasteiger partial charge in [-0.1, -0.05) is 0 Å². The summed E-state index contributed by atoms with van der Waals surface area (Å²) in [6, 6.07) is 3.85. The largest absolute Gasteiger partial charge is 0.340 e. The van der Waals surface area contributed by atoms with Crippen LogP contribution in [0.25, 0.3) is 0 Å². The first-order valence-electron chi connectivity index (χ1n) is 5.72. The molecule has 1 fully saturated rings. The fourth-order valence-electron chi connectivity index (χ4n) is 1.83. The third-order valence-electron chi connectivity index (χ3n) is 2.77. The summed E-state index contributed by atoms with van der Waals surface area (Å²) in [7, 11) is 1.85. The summed E-state index contributed by atoms with van der Waals surface area (Å²) in [6.45, 7) is 1.56. The van der Waals surface area contributed by atoms with Crippen LogP contribution in [0.4, 0.5) is 0 Å². The van der Waals surface area contributed by atoms with Gasteiger partial charge in [0.15, 0.2) is 0 Å². The second kappa shape index (κ2) is 6.02. The van der Waals surface area contributed by atoms with E-state index < -0.39 is 0 Å². The molecular formula is C12H17N3OS. The molecule has 0 aliphatic carbocycles. The molecule has 5 heteroatoms. The molecule has 1 aliphatic rings. The highest BCUT2D eigenvalue weighted by Gasteiger charge is 2.23. The molecule has 1 saturated heterocycles. The Morgan fingerprint density at radius 2 is 2.35 bits per heavy atom. The van der Waals surface area contributed by atoms with E-state index in [0.717, 1.165) is 23.6 Å². The van der Waals surface area contributed by atoms with Crippen molar-refractivity contribution in [1.82, 2.24) is 15.2 Å². The number of hydrogen-bond acceptors (Lipinski definition) is 4. The smallest absolute Gasteiger partial charge is 0.240 e. The molecule has 2 heterocycles. The van der Waals surface area contributed by atoms with E-state index >= 15 is 0 Å². The van der Waals surface area contributed by atoms with Crippen molar-refractivity contribution in [3.63, 3.8) is 0 Å². The highest BCUT2D eigenvalue weighted by molar-refractivity contribution is 7.99. The number of likely N-dealkylation sites (N-methyl/N-ethyl adjacent to an activating group) is 1. The standard InChI is InChI=1S/C12H17N3OS/c1-15(8-10-2-4-13-5-3-10)12(16)11-9-17-7-6-14-11/h2-5,11,14H,6-9H2,1H3. The number of hydrogen-bond donors (Lipinski definition) is 1. The molecule has 1 atom stereocenters. The Kier molecular flexibility index (Phi) is 4.39. The van der Waals surface area contributed by atoms with Crippen LogP contribution in [0.1, 0.15) is 5.56 Å². The van der Waals surface area contributed by atoms with E-state index in [1.807, 2.05) is 30.9 Å². The average molecular weight is 251 g/mol. The summed E-state index contributed by atoms with van der Waals surface area (Å²) in [5, 5.41) is 3.26. The minimum atomic E-state index is -0.0272. The van der Waals surface area contributed by atoms with Gasteiger partial charge in [-0.2, -0.15) is 11.8 Å². The number of carbonyl (C=O) groups excluding carboxylic acids is 1. The van der Waals surface area contributed by atoms with E-state index in [-0.39, 0.29) is 11.9 Å². The number of aromatic nitrogens is 1. The molecule has 1 unspecified atom stereocenters. The molecule has 1 aromatic heterocycles. The fraction of sp³-hybridized carbons (Fsp3) is 0.500. The maximum Gasteiger partial charge on any atom is 0.240 e. The zero-order valence-electron chi connectivity index (χ0n) is 9.93. The van der Waals surface area contributed by atoms with Crippen molar-refractivity contribution in [2.75, 3.05) is 25.1 Å². The zero-order chi connectivity index (χ0) is 12.1. The van der Waals surface area contributed by atoms with Gasteiger partial charge in [0.1, 0.15) is 0 Å². The van der Waals surface area contributed by atoms with Crippen LogP contribution in [0.5, 0.6) is 0 Å². The van der Waals surface area contributed by atoms with Crippen molar-refractivity contribution in [3.8, 4) is 0 Å². The first-order valence-corrected chi connectivity index (χ1v) is 6.88. The molecule has 1 aliphatic heterocycles. The molecule has 2 rings (SSSR count). The summed E-state index contributed by atoms with van der Waals surface area (Å²) in [5.74, 6) is 2.14. The number of thioether (sulfide) groups is 1. The van der Waals surface area contributed by atoms with E-state index in [0.29, 0.717) is 6.54 Å². The Balaban J connectivity index is 1.90. The number of pyridine rings is 1. The molecule has 1 amide bonds. The van der Waals surface area contributed by atoms with Gasteiger partial charge in [-0.25, -0.2) is 0 Å². The van der Waals surface area contributed by atoms with Crippen molar-refractivity contribution in [3.05, 3.63) is 30.1 Å². The Bertz CT molecular complexity index is 365. The van der Waals surface area contributed by atoms with Crippen molar-refractivity contribution in [2.45, 2.75) is 12.6 Å². The maximum atomic E-state index is 12.1. The fourth-order valence-corrected chi connectivity index (χ4v) is 2.76. The highest BCUT2D eigenvalue weighted by Crippen LogP contribution is 2.11. The van der Waals surface area contributed by atoms with E-state index in [1.54, 1.807) is 17.3 Å². The Hall–Kier alpha value is -1.07. The first-order chi connectivity index (χ1) is 8.27. The van der Waals surface area contributed by atoms with Crippen LogP contribution in [-0.2, 0) is 11.3 Å². The lowest BCUT2D eigenvalue weighted by molar-refractivity contribution is -0.132. The molecule has 0 aromatic carbocycles. The van der Waals surface area contributed by atoms with Crippen LogP contribution in [0.15, 0.2) is 24.5 Å². The molecule has 1 N–H and O–H groups in total. The van der Waals surface area contributed by atoms with Crippen molar-refractivity contribution < 1.29 is 4.79 Å². The van der Waals surface area contributed by atoms with Gasteiger partial charge < -0.3 is 10.2 Å². The average Bonchev–Trinajstić information content (AvgIpc) is 2.40. The van der Waals surface area contributed by atoms with Crippen LogP contribution < -0.4 is 5.32 Å². The van der Waals surface area contributed by atoms with Crippen LogP contribution in [-0.4, -0.2) is 46.9 Å². The summed E-state index contributed by atoms with van der Waals surface area (Å²) < 4.78 is 0. The number of amides is 1. The molecular weight excluding hydrogens is 234 g/mol. The van der Waals surface area contributed by atoms with Crippen LogP contribution >= 0.6 is 11.8 Å². The van der Waals surface area contributed by atoms with Gasteiger partial charge in [0, 0.05) is 44.0 Å². The maximum absolute atomic E-state index is 12.1. The third-order valence-corrected chi connectivity index (χ3v) is 3.83. The minimum absolute atomic E-state index is 0.0272. The summed E-state index contributed by atoms with van der Waals surface area (Å²) in [6.07, 6.45) is 3.50. The predicted octanol–water partition coefficient (Wildman–Crippen LogP) is 0.745. The minimum Gasteiger partial charge on any atom is -0.340 e. The summed E-state index contributed by atoms with van der Waals surface area (Å²) in [4.78, 5) is 17.9. The van der Waals surface area contributed by atoms with Crippen LogP contribution in [0.3, 0.4) is 0 Å². The number of carbonyl (C=O) groups is 1. The number of rotatable bonds is 3. The van der Waals surface area contributed by atoms with Crippen molar-refractivity contribution >= 4 is 17.7 Å². The number of nitrogens with one attached hydrogen (secondary N) is 1.